The van der Waals surface area contributed by atoms with Gasteiger partial charge in [-0.25, -0.2) is 0 Å². The van der Waals surface area contributed by atoms with E-state index in [2.05, 4.69) is 27.3 Å². The molecule has 1 aromatic rings. The second kappa shape index (κ2) is 6.26. The number of nitrogens with zero attached hydrogens (tertiary/aromatic N) is 1. The van der Waals surface area contributed by atoms with Gasteiger partial charge in [-0.3, -0.25) is 4.79 Å². The smallest absolute Gasteiger partial charge is 0.325 e. The minimum atomic E-state index is -0.336. The third-order valence-corrected chi connectivity index (χ3v) is 3.00. The predicted octanol–water partition coefficient (Wildman–Crippen LogP) is 2.60. The van der Waals surface area contributed by atoms with Gasteiger partial charge in [-0.2, -0.15) is 5.26 Å². The maximum Gasteiger partial charge on any atom is 0.325 e. The largest absolute Gasteiger partial charge is 0.465 e. The van der Waals surface area contributed by atoms with Gasteiger partial charge >= 0.3 is 5.97 Å². The van der Waals surface area contributed by atoms with Crippen LogP contribution in [0.4, 0.5) is 5.69 Å². The molecule has 0 saturated carbocycles. The summed E-state index contributed by atoms with van der Waals surface area (Å²) < 4.78 is 5.67. The lowest BCUT2D eigenvalue weighted by molar-refractivity contribution is -0.140. The summed E-state index contributed by atoms with van der Waals surface area (Å²) in [4.78, 5) is 11.2. The molecule has 5 heteroatoms. The van der Waals surface area contributed by atoms with E-state index in [0.29, 0.717) is 17.9 Å². The van der Waals surface area contributed by atoms with Crippen molar-refractivity contribution in [3.8, 4) is 6.07 Å². The lowest BCUT2D eigenvalue weighted by Crippen LogP contribution is -2.17. The van der Waals surface area contributed by atoms with Crippen LogP contribution >= 0.6 is 15.9 Å². The molecule has 0 heterocycles. The van der Waals surface area contributed by atoms with Crippen molar-refractivity contribution in [2.45, 2.75) is 13.8 Å². The van der Waals surface area contributed by atoms with E-state index >= 15 is 0 Å². The molecule has 0 unspecified atom stereocenters. The van der Waals surface area contributed by atoms with Crippen molar-refractivity contribution in [2.75, 3.05) is 18.5 Å². The number of nitrogens with one attached hydrogen (secondary N) is 1. The van der Waals surface area contributed by atoms with Crippen LogP contribution < -0.4 is 5.32 Å². The predicted molar refractivity (Wildman–Crippen MR) is 68.7 cm³/mol. The molecule has 0 fully saturated rings. The van der Waals surface area contributed by atoms with Gasteiger partial charge in [-0.15, -0.1) is 0 Å². The molecule has 1 N–H and O–H groups in total. The van der Waals surface area contributed by atoms with Crippen molar-refractivity contribution < 1.29 is 9.53 Å². The van der Waals surface area contributed by atoms with Gasteiger partial charge in [0.15, 0.2) is 0 Å². The van der Waals surface area contributed by atoms with E-state index in [4.69, 9.17) is 10.00 Å². The monoisotopic (exact) mass is 296 g/mol. The van der Waals surface area contributed by atoms with Crippen LogP contribution in [-0.2, 0) is 9.53 Å². The molecule has 1 aromatic carbocycles. The van der Waals surface area contributed by atoms with E-state index in [1.165, 1.54) is 0 Å². The minimum Gasteiger partial charge on any atom is -0.465 e. The van der Waals surface area contributed by atoms with Crippen molar-refractivity contribution >= 4 is 27.6 Å². The highest BCUT2D eigenvalue weighted by molar-refractivity contribution is 9.10. The topological polar surface area (TPSA) is 62.1 Å². The second-order valence-corrected chi connectivity index (χ2v) is 4.27. The zero-order valence-electron chi connectivity index (χ0n) is 9.71. The number of anilines is 1. The maximum absolute atomic E-state index is 11.2. The van der Waals surface area contributed by atoms with Crippen molar-refractivity contribution in [1.82, 2.24) is 0 Å². The van der Waals surface area contributed by atoms with E-state index in [0.717, 1.165) is 10.0 Å². The first-order chi connectivity index (χ1) is 8.08. The number of nitriles is 1. The number of hydrogen-bond acceptors (Lipinski definition) is 4. The summed E-state index contributed by atoms with van der Waals surface area (Å²) in [6, 6.07) is 5.62. The molecule has 0 aliphatic rings. The Hall–Kier alpha value is -1.54. The lowest BCUT2D eigenvalue weighted by atomic mass is 10.1. The minimum absolute atomic E-state index is 0.0591. The first-order valence-electron chi connectivity index (χ1n) is 5.18. The van der Waals surface area contributed by atoms with E-state index in [1.807, 2.05) is 13.0 Å². The van der Waals surface area contributed by atoms with Gasteiger partial charge in [0.1, 0.15) is 12.6 Å². The molecule has 17 heavy (non-hydrogen) atoms. The Morgan fingerprint density at radius 1 is 1.59 bits per heavy atom. The summed E-state index contributed by atoms with van der Waals surface area (Å²) in [6.45, 7) is 4.08. The SMILES string of the molecule is CCOC(=O)CNc1cc(C)c(Br)cc1C#N. The Morgan fingerprint density at radius 2 is 2.29 bits per heavy atom. The van der Waals surface area contributed by atoms with Gasteiger partial charge in [0.05, 0.1) is 17.9 Å². The van der Waals surface area contributed by atoms with Crippen LogP contribution in [0.1, 0.15) is 18.1 Å². The summed E-state index contributed by atoms with van der Waals surface area (Å²) in [5.41, 5.74) is 2.13. The zero-order valence-corrected chi connectivity index (χ0v) is 11.3. The standard InChI is InChI=1S/C12H13BrN2O2/c1-3-17-12(16)7-15-11-4-8(2)10(13)5-9(11)6-14/h4-5,15H,3,7H2,1-2H3. The molecule has 0 aliphatic heterocycles. The van der Waals surface area contributed by atoms with Crippen molar-refractivity contribution in [1.29, 1.82) is 5.26 Å². The number of rotatable bonds is 4. The Labute approximate surface area is 109 Å². The quantitative estimate of drug-likeness (QED) is 0.868. The number of halogens is 1. The molecule has 1 rings (SSSR count). The van der Waals surface area contributed by atoms with Gasteiger partial charge in [-0.1, -0.05) is 15.9 Å². The third-order valence-electron chi connectivity index (χ3n) is 2.15. The normalized spacial score (nSPS) is 9.53. The molecule has 0 aliphatic carbocycles. The molecule has 4 nitrogen and oxygen atoms in total. The number of hydrogen-bond donors (Lipinski definition) is 1. The third kappa shape index (κ3) is 3.75. The average Bonchev–Trinajstić information content (AvgIpc) is 2.30. The molecule has 0 bridgehead atoms. The van der Waals surface area contributed by atoms with Crippen molar-refractivity contribution in [2.24, 2.45) is 0 Å². The molecule has 90 valence electrons. The lowest BCUT2D eigenvalue weighted by Gasteiger charge is -2.09. The summed E-state index contributed by atoms with van der Waals surface area (Å²) >= 11 is 3.36. The first kappa shape index (κ1) is 13.5. The molecular formula is C12H13BrN2O2. The Kier molecular flexibility index (Phi) is 4.98. The molecule has 0 amide bonds. The number of carbonyl (C=O) groups is 1. The van der Waals surface area contributed by atoms with Crippen molar-refractivity contribution in [3.63, 3.8) is 0 Å². The van der Waals surface area contributed by atoms with Crippen LogP contribution in [0.3, 0.4) is 0 Å². The highest BCUT2D eigenvalue weighted by atomic mass is 79.9. The number of ether oxygens (including phenoxy) is 1. The summed E-state index contributed by atoms with van der Waals surface area (Å²) in [7, 11) is 0. The number of esters is 1. The van der Waals surface area contributed by atoms with Gasteiger partial charge < -0.3 is 10.1 Å². The van der Waals surface area contributed by atoms with Crippen LogP contribution in [-0.4, -0.2) is 19.1 Å². The summed E-state index contributed by atoms with van der Waals surface area (Å²) in [5.74, 6) is -0.336. The second-order valence-electron chi connectivity index (χ2n) is 3.42. The average molecular weight is 297 g/mol. The highest BCUT2D eigenvalue weighted by Gasteiger charge is 2.07. The van der Waals surface area contributed by atoms with E-state index in [1.54, 1.807) is 13.0 Å². The van der Waals surface area contributed by atoms with Crippen LogP contribution in [0.15, 0.2) is 16.6 Å². The maximum atomic E-state index is 11.2. The van der Waals surface area contributed by atoms with Crippen LogP contribution in [0.25, 0.3) is 0 Å². The number of carbonyl (C=O) groups excluding carboxylic acids is 1. The number of aryl methyl sites for hydroxylation is 1. The van der Waals surface area contributed by atoms with E-state index < -0.39 is 0 Å². The van der Waals surface area contributed by atoms with Gasteiger partial charge in [0.25, 0.3) is 0 Å². The van der Waals surface area contributed by atoms with Gasteiger partial charge in [0, 0.05) is 4.47 Å². The molecule has 0 aromatic heterocycles. The highest BCUT2D eigenvalue weighted by Crippen LogP contribution is 2.24. The van der Waals surface area contributed by atoms with Crippen molar-refractivity contribution in [3.05, 3.63) is 27.7 Å². The summed E-state index contributed by atoms with van der Waals surface area (Å²) in [6.07, 6.45) is 0. The van der Waals surface area contributed by atoms with E-state index in [-0.39, 0.29) is 12.5 Å². The van der Waals surface area contributed by atoms with Crippen LogP contribution in [0.2, 0.25) is 0 Å². The van der Waals surface area contributed by atoms with Gasteiger partial charge in [0.2, 0.25) is 0 Å². The molecule has 0 saturated heterocycles. The van der Waals surface area contributed by atoms with Gasteiger partial charge in [-0.05, 0) is 31.5 Å². The van der Waals surface area contributed by atoms with E-state index in [9.17, 15) is 4.79 Å². The molecular weight excluding hydrogens is 284 g/mol. The van der Waals surface area contributed by atoms with Crippen LogP contribution in [0, 0.1) is 18.3 Å². The summed E-state index contributed by atoms with van der Waals surface area (Å²) in [5, 5.41) is 11.9. The fourth-order valence-corrected chi connectivity index (χ4v) is 1.64. The molecule has 0 spiro atoms. The Bertz CT molecular complexity index is 466. The molecule has 0 radical (unpaired) electrons. The first-order valence-corrected chi connectivity index (χ1v) is 5.97. The zero-order chi connectivity index (χ0) is 12.8. The van der Waals surface area contributed by atoms with Crippen LogP contribution in [0.5, 0.6) is 0 Å². The molecule has 0 atom stereocenters. The Morgan fingerprint density at radius 3 is 2.88 bits per heavy atom. The Balaban J connectivity index is 2.81. The number of benzene rings is 1. The fourth-order valence-electron chi connectivity index (χ4n) is 1.30. The fraction of sp³-hybridized carbons (Fsp3) is 0.333.